The first kappa shape index (κ1) is 42.2. The van der Waals surface area contributed by atoms with Gasteiger partial charge in [-0.15, -0.1) is 24.5 Å². The molecule has 3 heterocycles. The molecule has 4 amide bonds. The summed E-state index contributed by atoms with van der Waals surface area (Å²) >= 11 is 3.20. The number of hydrogen-bond donors (Lipinski definition) is 1. The van der Waals surface area contributed by atoms with E-state index in [1.54, 1.807) is 38.7 Å². The minimum absolute atomic E-state index is 0.0257. The fourth-order valence-electron chi connectivity index (χ4n) is 7.56. The molecule has 0 saturated carbocycles. The number of nitrogens with one attached hydrogen (secondary N) is 1. The first-order valence-electron chi connectivity index (χ1n) is 20.0. The molecule has 1 N–H and O–H groups in total. The first-order chi connectivity index (χ1) is 29.7. The molecule has 7 aromatic rings. The van der Waals surface area contributed by atoms with E-state index in [0.29, 0.717) is 31.0 Å². The smallest absolute Gasteiger partial charge is 0.406 e. The van der Waals surface area contributed by atoms with Gasteiger partial charge in [0.1, 0.15) is 10.8 Å². The summed E-state index contributed by atoms with van der Waals surface area (Å²) in [6.07, 6.45) is -0.965. The molecule has 5 aromatic carbocycles. The zero-order chi connectivity index (χ0) is 43.6. The number of halogens is 3. The number of amides is 4. The number of aromatic nitrogens is 2. The molecule has 0 atom stereocenters. The van der Waals surface area contributed by atoms with Gasteiger partial charge in [-0.1, -0.05) is 65.9 Å². The molecule has 1 aliphatic rings. The normalized spacial score (nSPS) is 13.8. The van der Waals surface area contributed by atoms with Crippen molar-refractivity contribution in [2.45, 2.75) is 58.7 Å². The second-order valence-corrected chi connectivity index (χ2v) is 17.7. The summed E-state index contributed by atoms with van der Waals surface area (Å²) in [6, 6.07) is 37.3. The minimum Gasteiger partial charge on any atom is -0.406 e. The molecule has 0 aliphatic carbocycles. The molecule has 0 radical (unpaired) electrons. The summed E-state index contributed by atoms with van der Waals surface area (Å²) in [4.78, 5) is 37.0. The number of hydrogen-bond acceptors (Lipinski definition) is 6. The summed E-state index contributed by atoms with van der Waals surface area (Å²) in [5.74, 6) is -0.342. The van der Waals surface area contributed by atoms with Crippen molar-refractivity contribution in [1.29, 1.82) is 0 Å². The molecule has 0 bridgehead atoms. The second-order valence-electron chi connectivity index (χ2n) is 15.9. The molecular weight excluding hydrogens is 830 g/mol. The number of anilines is 2. The van der Waals surface area contributed by atoms with E-state index in [2.05, 4.69) is 56.0 Å². The lowest BCUT2D eigenvalue weighted by atomic mass is 10.0. The number of carbonyl (C=O) groups excluding carboxylic acids is 2. The van der Waals surface area contributed by atoms with Crippen molar-refractivity contribution in [3.8, 4) is 43.7 Å². The van der Waals surface area contributed by atoms with E-state index >= 15 is 0 Å². The van der Waals surface area contributed by atoms with Crippen LogP contribution >= 0.6 is 22.7 Å². The third-order valence-electron chi connectivity index (χ3n) is 10.7. The largest absolute Gasteiger partial charge is 0.573 e. The maximum absolute atomic E-state index is 13.8. The third-order valence-corrected chi connectivity index (χ3v) is 12.4. The monoisotopic (exact) mass is 873 g/mol. The summed E-state index contributed by atoms with van der Waals surface area (Å²) < 4.78 is 44.3. The van der Waals surface area contributed by atoms with Gasteiger partial charge in [-0.25, -0.2) is 14.6 Å². The lowest BCUT2D eigenvalue weighted by Crippen LogP contribution is -2.41. The van der Waals surface area contributed by atoms with Gasteiger partial charge in [-0.05, 0) is 105 Å². The van der Waals surface area contributed by atoms with Crippen LogP contribution in [0.1, 0.15) is 38.8 Å². The Morgan fingerprint density at radius 3 is 2.26 bits per heavy atom. The van der Waals surface area contributed by atoms with Crippen molar-refractivity contribution >= 4 is 46.1 Å². The van der Waals surface area contributed by atoms with Gasteiger partial charge in [-0.3, -0.25) is 4.90 Å². The van der Waals surface area contributed by atoms with Gasteiger partial charge in [0, 0.05) is 59.8 Å². The highest BCUT2D eigenvalue weighted by Gasteiger charge is 2.44. The highest BCUT2D eigenvalue weighted by Crippen LogP contribution is 2.35. The van der Waals surface area contributed by atoms with Crippen LogP contribution in [-0.2, 0) is 13.1 Å². The average molecular weight is 874 g/mol. The minimum atomic E-state index is -4.80. The van der Waals surface area contributed by atoms with Crippen LogP contribution in [0.5, 0.6) is 5.75 Å². The van der Waals surface area contributed by atoms with E-state index in [-0.39, 0.29) is 23.9 Å². The molecule has 0 spiro atoms. The van der Waals surface area contributed by atoms with Gasteiger partial charge in [-0.2, -0.15) is 4.57 Å². The van der Waals surface area contributed by atoms with Crippen LogP contribution in [0, 0.1) is 0 Å². The molecule has 0 unspecified atom stereocenters. The van der Waals surface area contributed by atoms with Gasteiger partial charge in [0.25, 0.3) is 5.01 Å². The van der Waals surface area contributed by atoms with Crippen LogP contribution in [0.15, 0.2) is 144 Å². The molecule has 8 rings (SSSR count). The Hall–Kier alpha value is -6.51. The van der Waals surface area contributed by atoms with Gasteiger partial charge < -0.3 is 19.9 Å². The van der Waals surface area contributed by atoms with Crippen LogP contribution in [0.3, 0.4) is 0 Å². The molecular formula is C48H44F3N6O3S2+. The highest BCUT2D eigenvalue weighted by molar-refractivity contribution is 7.13. The molecule has 14 heteroatoms. The van der Waals surface area contributed by atoms with E-state index in [1.807, 2.05) is 110 Å². The Bertz CT molecular complexity index is 2680. The van der Waals surface area contributed by atoms with Crippen LogP contribution in [0.25, 0.3) is 38.0 Å². The Balaban J connectivity index is 0.942. The SMILES string of the molecule is CC(C)N(Cc1cccc(-c2nccs2)c1)C(=O)Nc1ccc(-c2cccc(-[n+]3ccsc3-c3cccc(CN4C(=O)N(c5ccc(OC(F)(F)F)cc5)CC4(C)C)c3)c2)cc1. The van der Waals surface area contributed by atoms with Crippen LogP contribution in [-0.4, -0.2) is 51.3 Å². The van der Waals surface area contributed by atoms with E-state index in [9.17, 15) is 22.8 Å². The average Bonchev–Trinajstić information content (AvgIpc) is 4.02. The van der Waals surface area contributed by atoms with E-state index in [1.165, 1.54) is 24.3 Å². The predicted octanol–water partition coefficient (Wildman–Crippen LogP) is 12.0. The number of benzene rings is 5. The Morgan fingerprint density at radius 2 is 1.55 bits per heavy atom. The lowest BCUT2D eigenvalue weighted by Gasteiger charge is -2.29. The molecule has 1 fully saturated rings. The Kier molecular flexibility index (Phi) is 11.9. The molecule has 9 nitrogen and oxygen atoms in total. The van der Waals surface area contributed by atoms with Crippen LogP contribution in [0.2, 0.25) is 0 Å². The summed E-state index contributed by atoms with van der Waals surface area (Å²) in [6.45, 7) is 9.15. The Morgan fingerprint density at radius 1 is 0.855 bits per heavy atom. The predicted molar refractivity (Wildman–Crippen MR) is 239 cm³/mol. The number of carbonyl (C=O) groups is 2. The lowest BCUT2D eigenvalue weighted by molar-refractivity contribution is -0.578. The number of urea groups is 2. The fraction of sp³-hybridized carbons (Fsp3) is 0.208. The van der Waals surface area contributed by atoms with Crippen molar-refractivity contribution < 1.29 is 32.1 Å². The highest BCUT2D eigenvalue weighted by atomic mass is 32.1. The number of ether oxygens (including phenoxy) is 1. The molecule has 1 saturated heterocycles. The molecule has 1 aliphatic heterocycles. The van der Waals surface area contributed by atoms with Gasteiger partial charge >= 0.3 is 18.4 Å². The summed E-state index contributed by atoms with van der Waals surface area (Å²) in [5.41, 5.74) is 7.64. The van der Waals surface area contributed by atoms with Crippen molar-refractivity contribution in [2.24, 2.45) is 0 Å². The first-order valence-corrected chi connectivity index (χ1v) is 21.8. The second kappa shape index (κ2) is 17.5. The number of thiazole rings is 2. The maximum atomic E-state index is 13.8. The van der Waals surface area contributed by atoms with Crippen molar-refractivity contribution in [3.05, 3.63) is 156 Å². The molecule has 62 heavy (non-hydrogen) atoms. The van der Waals surface area contributed by atoms with Crippen molar-refractivity contribution in [3.63, 3.8) is 0 Å². The van der Waals surface area contributed by atoms with Crippen molar-refractivity contribution in [1.82, 2.24) is 14.8 Å². The standard InChI is InChI=1S/C48H43F3N6O3S2/c1-32(2)55(29-33-8-5-11-37(26-33)43-52-22-24-61-43)45(58)53-39-16-14-35(15-17-39)36-10-7-13-41(28-36)54-23-25-62-44(54)38-12-6-9-34(27-38)30-57-46(59)56(31-47(57,3)4)40-18-20-42(21-19-40)60-48(49,50)51/h5-28,32H,29-31H2,1-4H3/p+1. The Labute approximate surface area is 366 Å². The van der Waals surface area contributed by atoms with E-state index < -0.39 is 11.9 Å². The zero-order valence-corrected chi connectivity index (χ0v) is 36.1. The maximum Gasteiger partial charge on any atom is 0.573 e. The van der Waals surface area contributed by atoms with Gasteiger partial charge in [0.05, 0.1) is 23.0 Å². The van der Waals surface area contributed by atoms with E-state index in [4.69, 9.17) is 0 Å². The van der Waals surface area contributed by atoms with E-state index in [0.717, 1.165) is 49.1 Å². The number of alkyl halides is 3. The van der Waals surface area contributed by atoms with Crippen LogP contribution in [0.4, 0.5) is 34.1 Å². The molecule has 316 valence electrons. The van der Waals surface area contributed by atoms with Crippen molar-refractivity contribution in [2.75, 3.05) is 16.8 Å². The number of rotatable bonds is 12. The summed E-state index contributed by atoms with van der Waals surface area (Å²) in [5, 5.41) is 9.05. The topological polar surface area (TPSA) is 81.9 Å². The fourth-order valence-corrected chi connectivity index (χ4v) is 9.05. The third kappa shape index (κ3) is 9.51. The summed E-state index contributed by atoms with van der Waals surface area (Å²) in [7, 11) is 0. The van der Waals surface area contributed by atoms with Gasteiger partial charge in [0.2, 0.25) is 5.69 Å². The quantitative estimate of drug-likeness (QED) is 0.124. The molecule has 2 aromatic heterocycles. The van der Waals surface area contributed by atoms with Crippen LogP contribution < -0.4 is 19.5 Å². The van der Waals surface area contributed by atoms with Gasteiger partial charge in [0.15, 0.2) is 6.20 Å². The zero-order valence-electron chi connectivity index (χ0n) is 34.5. The number of nitrogens with zero attached hydrogens (tertiary/aromatic N) is 5.